The third-order valence-electron chi connectivity index (χ3n) is 3.91. The summed E-state index contributed by atoms with van der Waals surface area (Å²) < 4.78 is 5.10. The van der Waals surface area contributed by atoms with Crippen molar-refractivity contribution in [1.82, 2.24) is 4.90 Å². The first-order valence-corrected chi connectivity index (χ1v) is 8.45. The van der Waals surface area contributed by atoms with Crippen LogP contribution in [0.15, 0.2) is 48.5 Å². The van der Waals surface area contributed by atoms with E-state index in [0.717, 1.165) is 22.7 Å². The molecule has 0 radical (unpaired) electrons. The minimum Gasteiger partial charge on any atom is -0.497 e. The van der Waals surface area contributed by atoms with Gasteiger partial charge in [0, 0.05) is 31.9 Å². The Bertz CT molecular complexity index is 725. The van der Waals surface area contributed by atoms with Gasteiger partial charge >= 0.3 is 0 Å². The van der Waals surface area contributed by atoms with E-state index >= 15 is 0 Å². The van der Waals surface area contributed by atoms with Crippen molar-refractivity contribution in [2.24, 2.45) is 0 Å². The van der Waals surface area contributed by atoms with Crippen LogP contribution >= 0.6 is 0 Å². The quantitative estimate of drug-likeness (QED) is 0.764. The van der Waals surface area contributed by atoms with Crippen molar-refractivity contribution >= 4 is 23.2 Å². The van der Waals surface area contributed by atoms with Gasteiger partial charge in [-0.1, -0.05) is 12.1 Å². The van der Waals surface area contributed by atoms with Gasteiger partial charge in [-0.3, -0.25) is 9.59 Å². The smallest absolute Gasteiger partial charge is 0.243 e. The molecule has 0 saturated carbocycles. The lowest BCUT2D eigenvalue weighted by Gasteiger charge is -2.11. The average molecular weight is 355 g/mol. The second-order valence-electron chi connectivity index (χ2n) is 6.12. The average Bonchev–Trinajstić information content (AvgIpc) is 2.65. The maximum atomic E-state index is 12.0. The molecule has 0 heterocycles. The number of hydrogen-bond acceptors (Lipinski definition) is 4. The molecule has 0 aliphatic rings. The number of carbonyl (C=O) groups is 2. The van der Waals surface area contributed by atoms with Crippen molar-refractivity contribution in [2.75, 3.05) is 38.4 Å². The largest absolute Gasteiger partial charge is 0.497 e. The van der Waals surface area contributed by atoms with Gasteiger partial charge in [0.25, 0.3) is 0 Å². The van der Waals surface area contributed by atoms with Gasteiger partial charge in [-0.25, -0.2) is 0 Å². The van der Waals surface area contributed by atoms with E-state index in [9.17, 15) is 9.59 Å². The highest BCUT2D eigenvalue weighted by Crippen LogP contribution is 2.15. The molecule has 0 aromatic heterocycles. The molecule has 2 rings (SSSR count). The van der Waals surface area contributed by atoms with Crippen molar-refractivity contribution in [3.05, 3.63) is 54.1 Å². The molecule has 2 aromatic carbocycles. The molecule has 0 aliphatic heterocycles. The zero-order chi connectivity index (χ0) is 18.9. The van der Waals surface area contributed by atoms with Crippen LogP contribution in [0.4, 0.5) is 11.4 Å². The highest BCUT2D eigenvalue weighted by Gasteiger charge is 2.06. The second-order valence-corrected chi connectivity index (χ2v) is 6.12. The Balaban J connectivity index is 1.78. The molecule has 0 fully saturated rings. The first-order chi connectivity index (χ1) is 12.5. The molecule has 0 saturated heterocycles. The van der Waals surface area contributed by atoms with E-state index in [-0.39, 0.29) is 18.4 Å². The van der Waals surface area contributed by atoms with Gasteiger partial charge in [-0.15, -0.1) is 0 Å². The summed E-state index contributed by atoms with van der Waals surface area (Å²) in [7, 11) is 5.11. The number of amides is 2. The highest BCUT2D eigenvalue weighted by molar-refractivity contribution is 5.93. The second kappa shape index (κ2) is 9.46. The maximum absolute atomic E-state index is 12.0. The third-order valence-corrected chi connectivity index (χ3v) is 3.91. The van der Waals surface area contributed by atoms with Gasteiger partial charge in [0.15, 0.2) is 0 Å². The van der Waals surface area contributed by atoms with Crippen LogP contribution in [0.2, 0.25) is 0 Å². The summed E-state index contributed by atoms with van der Waals surface area (Å²) in [6.07, 6.45) is 1.16. The number of benzene rings is 2. The number of aryl methyl sites for hydroxylation is 1. The Morgan fingerprint density at radius 1 is 0.962 bits per heavy atom. The molecule has 0 unspecified atom stereocenters. The van der Waals surface area contributed by atoms with Crippen LogP contribution in [0, 0.1) is 0 Å². The van der Waals surface area contributed by atoms with Crippen LogP contribution in [0.25, 0.3) is 0 Å². The number of rotatable bonds is 8. The van der Waals surface area contributed by atoms with E-state index in [1.54, 1.807) is 26.1 Å². The lowest BCUT2D eigenvalue weighted by molar-refractivity contribution is -0.128. The first kappa shape index (κ1) is 19.3. The van der Waals surface area contributed by atoms with Gasteiger partial charge in [0.1, 0.15) is 5.75 Å². The zero-order valence-corrected chi connectivity index (χ0v) is 15.4. The van der Waals surface area contributed by atoms with Crippen molar-refractivity contribution in [3.63, 3.8) is 0 Å². The summed E-state index contributed by atoms with van der Waals surface area (Å²) >= 11 is 0. The van der Waals surface area contributed by atoms with Gasteiger partial charge in [-0.05, 0) is 48.4 Å². The monoisotopic (exact) mass is 355 g/mol. The lowest BCUT2D eigenvalue weighted by Crippen LogP contribution is -2.22. The van der Waals surface area contributed by atoms with Crippen molar-refractivity contribution < 1.29 is 14.3 Å². The molecular formula is C20H25N3O3. The summed E-state index contributed by atoms with van der Waals surface area (Å²) in [5.74, 6) is 0.746. The number of methoxy groups -OCH3 is 1. The number of ether oxygens (including phenoxy) is 1. The van der Waals surface area contributed by atoms with E-state index in [0.29, 0.717) is 12.8 Å². The molecular weight excluding hydrogens is 330 g/mol. The number of carbonyl (C=O) groups excluding carboxylic acids is 2. The number of nitrogens with one attached hydrogen (secondary N) is 2. The van der Waals surface area contributed by atoms with E-state index in [2.05, 4.69) is 10.6 Å². The summed E-state index contributed by atoms with van der Waals surface area (Å²) in [5.41, 5.74) is 2.64. The Kier molecular flexibility index (Phi) is 7.02. The maximum Gasteiger partial charge on any atom is 0.243 e. The van der Waals surface area contributed by atoms with E-state index < -0.39 is 0 Å². The summed E-state index contributed by atoms with van der Waals surface area (Å²) in [5, 5.41) is 5.90. The standard InChI is InChI=1S/C20H25N3O3/c1-23(2)20(25)13-6-15-4-7-17(8-5-15)22-19(24)14-21-16-9-11-18(26-3)12-10-16/h4-5,7-12,21H,6,13-14H2,1-3H3,(H,22,24). The van der Waals surface area contributed by atoms with Crippen LogP contribution in [-0.4, -0.2) is 44.5 Å². The van der Waals surface area contributed by atoms with Crippen LogP contribution in [0.3, 0.4) is 0 Å². The van der Waals surface area contributed by atoms with E-state index in [1.807, 2.05) is 48.5 Å². The predicted molar refractivity (Wildman–Crippen MR) is 104 cm³/mol. The van der Waals surface area contributed by atoms with Crippen molar-refractivity contribution in [3.8, 4) is 5.75 Å². The minimum atomic E-state index is -0.128. The molecule has 0 spiro atoms. The van der Waals surface area contributed by atoms with Gasteiger partial charge in [0.2, 0.25) is 11.8 Å². The fourth-order valence-electron chi connectivity index (χ4n) is 2.33. The summed E-state index contributed by atoms with van der Waals surface area (Å²) in [4.78, 5) is 25.2. The normalized spacial score (nSPS) is 10.1. The minimum absolute atomic E-state index is 0.104. The first-order valence-electron chi connectivity index (χ1n) is 8.45. The van der Waals surface area contributed by atoms with Crippen molar-refractivity contribution in [1.29, 1.82) is 0 Å². The van der Waals surface area contributed by atoms with Crippen LogP contribution < -0.4 is 15.4 Å². The van der Waals surface area contributed by atoms with Gasteiger partial charge in [-0.2, -0.15) is 0 Å². The molecule has 2 amide bonds. The number of nitrogens with zero attached hydrogens (tertiary/aromatic N) is 1. The lowest BCUT2D eigenvalue weighted by atomic mass is 10.1. The van der Waals surface area contributed by atoms with Gasteiger partial charge in [0.05, 0.1) is 13.7 Å². The molecule has 6 heteroatoms. The highest BCUT2D eigenvalue weighted by atomic mass is 16.5. The molecule has 6 nitrogen and oxygen atoms in total. The SMILES string of the molecule is COc1ccc(NCC(=O)Nc2ccc(CCC(=O)N(C)C)cc2)cc1. The molecule has 2 N–H and O–H groups in total. The summed E-state index contributed by atoms with van der Waals surface area (Å²) in [6.45, 7) is 0.172. The fourth-order valence-corrected chi connectivity index (χ4v) is 2.33. The molecule has 0 aliphatic carbocycles. The third kappa shape index (κ3) is 6.12. The molecule has 0 atom stereocenters. The Labute approximate surface area is 154 Å². The molecule has 2 aromatic rings. The number of hydrogen-bond donors (Lipinski definition) is 2. The van der Waals surface area contributed by atoms with Gasteiger partial charge < -0.3 is 20.3 Å². The van der Waals surface area contributed by atoms with E-state index in [4.69, 9.17) is 4.74 Å². The Morgan fingerprint density at radius 2 is 1.58 bits per heavy atom. The van der Waals surface area contributed by atoms with Crippen LogP contribution in [-0.2, 0) is 16.0 Å². The molecule has 26 heavy (non-hydrogen) atoms. The fraction of sp³-hybridized carbons (Fsp3) is 0.300. The topological polar surface area (TPSA) is 70.7 Å². The van der Waals surface area contributed by atoms with Crippen LogP contribution in [0.5, 0.6) is 5.75 Å². The zero-order valence-electron chi connectivity index (χ0n) is 15.4. The predicted octanol–water partition coefficient (Wildman–Crippen LogP) is 2.77. The molecule has 138 valence electrons. The number of anilines is 2. The van der Waals surface area contributed by atoms with Crippen LogP contribution in [0.1, 0.15) is 12.0 Å². The molecule has 0 bridgehead atoms. The Hall–Kier alpha value is -3.02. The van der Waals surface area contributed by atoms with E-state index in [1.165, 1.54) is 0 Å². The summed E-state index contributed by atoms with van der Waals surface area (Å²) in [6, 6.07) is 14.9. The van der Waals surface area contributed by atoms with Crippen molar-refractivity contribution in [2.45, 2.75) is 12.8 Å². The Morgan fingerprint density at radius 3 is 2.15 bits per heavy atom.